The molecule has 0 aliphatic carbocycles. The second kappa shape index (κ2) is 9.87. The standard InChI is InChI=1S/C23H24FN3O2.ClH/c1-25-14-16-10-12-27(13-11-16)23(28)18-7-3-2-6-17(18)22-26-15-21(29-22)19-8-4-5-9-20(19)24;/h2-9,15-16,25H,10-14H2,1H3;1H. The molecule has 1 aliphatic heterocycles. The van der Waals surface area contributed by atoms with Gasteiger partial charge in [-0.25, -0.2) is 9.37 Å². The highest BCUT2D eigenvalue weighted by atomic mass is 35.5. The van der Waals surface area contributed by atoms with Gasteiger partial charge in [0.25, 0.3) is 5.91 Å². The third kappa shape index (κ3) is 4.55. The van der Waals surface area contributed by atoms with Crippen molar-refractivity contribution in [2.24, 2.45) is 5.92 Å². The molecule has 0 unspecified atom stereocenters. The van der Waals surface area contributed by atoms with Crippen molar-refractivity contribution in [3.63, 3.8) is 0 Å². The fourth-order valence-electron chi connectivity index (χ4n) is 3.84. The lowest BCUT2D eigenvalue weighted by molar-refractivity contribution is 0.0691. The molecule has 1 saturated heterocycles. The van der Waals surface area contributed by atoms with Gasteiger partial charge in [0, 0.05) is 18.7 Å². The smallest absolute Gasteiger partial charge is 0.254 e. The quantitative estimate of drug-likeness (QED) is 0.641. The number of benzene rings is 2. The van der Waals surface area contributed by atoms with Crippen LogP contribution in [0.5, 0.6) is 0 Å². The third-order valence-corrected chi connectivity index (χ3v) is 5.43. The first-order valence-corrected chi connectivity index (χ1v) is 9.91. The molecule has 0 saturated carbocycles. The summed E-state index contributed by atoms with van der Waals surface area (Å²) in [4.78, 5) is 19.4. The van der Waals surface area contributed by atoms with Gasteiger partial charge in [0.05, 0.1) is 17.3 Å². The summed E-state index contributed by atoms with van der Waals surface area (Å²) in [5.74, 6) is 0.873. The molecule has 0 spiro atoms. The SMILES string of the molecule is CNCC1CCN(C(=O)c2ccccc2-c2ncc(-c3ccccc3F)o2)CC1.Cl. The zero-order chi connectivity index (χ0) is 20.2. The van der Waals surface area contributed by atoms with E-state index in [1.807, 2.05) is 30.1 Å². The van der Waals surface area contributed by atoms with Crippen LogP contribution in [0.2, 0.25) is 0 Å². The Labute approximate surface area is 181 Å². The van der Waals surface area contributed by atoms with E-state index in [4.69, 9.17) is 4.42 Å². The predicted molar refractivity (Wildman–Crippen MR) is 117 cm³/mol. The lowest BCUT2D eigenvalue weighted by Crippen LogP contribution is -2.40. The van der Waals surface area contributed by atoms with E-state index in [9.17, 15) is 9.18 Å². The highest BCUT2D eigenvalue weighted by Gasteiger charge is 2.26. The minimum Gasteiger partial charge on any atom is -0.436 e. The van der Waals surface area contributed by atoms with Crippen LogP contribution in [0.25, 0.3) is 22.8 Å². The predicted octanol–water partition coefficient (Wildman–Crippen LogP) is 4.64. The lowest BCUT2D eigenvalue weighted by atomic mass is 9.96. The molecular weight excluding hydrogens is 405 g/mol. The number of halogens is 2. The Kier molecular flexibility index (Phi) is 7.24. The average molecular weight is 430 g/mol. The maximum atomic E-state index is 14.1. The first-order valence-electron chi connectivity index (χ1n) is 9.91. The van der Waals surface area contributed by atoms with E-state index in [0.29, 0.717) is 34.3 Å². The number of amides is 1. The van der Waals surface area contributed by atoms with E-state index >= 15 is 0 Å². The van der Waals surface area contributed by atoms with Crippen molar-refractivity contribution in [1.29, 1.82) is 0 Å². The van der Waals surface area contributed by atoms with Gasteiger partial charge in [-0.1, -0.05) is 24.3 Å². The molecule has 1 fully saturated rings. The third-order valence-electron chi connectivity index (χ3n) is 5.43. The summed E-state index contributed by atoms with van der Waals surface area (Å²) < 4.78 is 19.9. The van der Waals surface area contributed by atoms with Crippen LogP contribution in [0, 0.1) is 11.7 Å². The van der Waals surface area contributed by atoms with Crippen molar-refractivity contribution < 1.29 is 13.6 Å². The number of nitrogens with zero attached hydrogens (tertiary/aromatic N) is 2. The average Bonchev–Trinajstić information content (AvgIpc) is 3.24. The summed E-state index contributed by atoms with van der Waals surface area (Å²) in [7, 11) is 1.96. The largest absolute Gasteiger partial charge is 0.436 e. The van der Waals surface area contributed by atoms with E-state index in [2.05, 4.69) is 10.3 Å². The molecule has 158 valence electrons. The van der Waals surface area contributed by atoms with E-state index in [1.165, 1.54) is 12.3 Å². The number of rotatable bonds is 5. The van der Waals surface area contributed by atoms with Gasteiger partial charge >= 0.3 is 0 Å². The van der Waals surface area contributed by atoms with Crippen LogP contribution in [0.1, 0.15) is 23.2 Å². The van der Waals surface area contributed by atoms with Crippen LogP contribution in [0.3, 0.4) is 0 Å². The molecule has 5 nitrogen and oxygen atoms in total. The van der Waals surface area contributed by atoms with Crippen molar-refractivity contribution in [1.82, 2.24) is 15.2 Å². The van der Waals surface area contributed by atoms with Gasteiger partial charge in [0.1, 0.15) is 5.82 Å². The number of hydrogen-bond donors (Lipinski definition) is 1. The zero-order valence-electron chi connectivity index (χ0n) is 16.8. The van der Waals surface area contributed by atoms with Gasteiger partial charge in [0.15, 0.2) is 5.76 Å². The van der Waals surface area contributed by atoms with Crippen molar-refractivity contribution >= 4 is 18.3 Å². The number of hydrogen-bond acceptors (Lipinski definition) is 4. The molecule has 3 aromatic rings. The molecule has 1 amide bonds. The van der Waals surface area contributed by atoms with Crippen LogP contribution >= 0.6 is 12.4 Å². The summed E-state index contributed by atoms with van der Waals surface area (Å²) >= 11 is 0. The first-order chi connectivity index (χ1) is 14.2. The fourth-order valence-corrected chi connectivity index (χ4v) is 3.84. The molecule has 0 radical (unpaired) electrons. The van der Waals surface area contributed by atoms with Crippen LogP contribution < -0.4 is 5.32 Å². The molecule has 4 rings (SSSR count). The summed E-state index contributed by atoms with van der Waals surface area (Å²) in [5, 5.41) is 3.21. The minimum absolute atomic E-state index is 0. The van der Waals surface area contributed by atoms with Crippen molar-refractivity contribution in [3.05, 3.63) is 66.1 Å². The molecule has 0 atom stereocenters. The summed E-state index contributed by atoms with van der Waals surface area (Å²) in [6, 6.07) is 13.7. The number of carbonyl (C=O) groups excluding carboxylic acids is 1. The molecule has 30 heavy (non-hydrogen) atoms. The van der Waals surface area contributed by atoms with Crippen molar-refractivity contribution in [2.75, 3.05) is 26.7 Å². The number of nitrogens with one attached hydrogen (secondary N) is 1. The number of aromatic nitrogens is 1. The molecular formula is C23H25ClFN3O2. The summed E-state index contributed by atoms with van der Waals surface area (Å²) in [6.45, 7) is 2.46. The van der Waals surface area contributed by atoms with Gasteiger partial charge in [-0.2, -0.15) is 0 Å². The highest BCUT2D eigenvalue weighted by Crippen LogP contribution is 2.30. The van der Waals surface area contributed by atoms with Gasteiger partial charge in [0.2, 0.25) is 5.89 Å². The Hall–Kier alpha value is -2.70. The van der Waals surface area contributed by atoms with E-state index < -0.39 is 0 Å². The summed E-state index contributed by atoms with van der Waals surface area (Å²) in [5.41, 5.74) is 1.53. The lowest BCUT2D eigenvalue weighted by Gasteiger charge is -2.32. The van der Waals surface area contributed by atoms with Crippen LogP contribution in [0.15, 0.2) is 59.1 Å². The highest BCUT2D eigenvalue weighted by molar-refractivity contribution is 6.00. The molecule has 2 heterocycles. The minimum atomic E-state index is -0.371. The first kappa shape index (κ1) is 22.0. The van der Waals surface area contributed by atoms with Crippen LogP contribution in [-0.4, -0.2) is 42.5 Å². The van der Waals surface area contributed by atoms with E-state index in [1.54, 1.807) is 24.3 Å². The topological polar surface area (TPSA) is 58.4 Å². The second-order valence-corrected chi connectivity index (χ2v) is 7.35. The normalized spacial score (nSPS) is 14.4. The van der Waals surface area contributed by atoms with Gasteiger partial charge < -0.3 is 14.6 Å². The molecule has 1 N–H and O–H groups in total. The van der Waals surface area contributed by atoms with Gasteiger partial charge in [-0.05, 0) is 56.6 Å². The van der Waals surface area contributed by atoms with E-state index in [-0.39, 0.29) is 24.1 Å². The molecule has 1 aromatic heterocycles. The Morgan fingerprint density at radius 1 is 1.13 bits per heavy atom. The van der Waals surface area contributed by atoms with Gasteiger partial charge in [-0.15, -0.1) is 12.4 Å². The van der Waals surface area contributed by atoms with E-state index in [0.717, 1.165) is 32.5 Å². The molecule has 2 aromatic carbocycles. The molecule has 0 bridgehead atoms. The maximum absolute atomic E-state index is 14.1. The molecule has 1 aliphatic rings. The Morgan fingerprint density at radius 2 is 1.80 bits per heavy atom. The zero-order valence-corrected chi connectivity index (χ0v) is 17.6. The fraction of sp³-hybridized carbons (Fsp3) is 0.304. The summed E-state index contributed by atoms with van der Waals surface area (Å²) in [6.07, 6.45) is 3.48. The Balaban J connectivity index is 0.00000256. The number of oxazole rings is 1. The second-order valence-electron chi connectivity index (χ2n) is 7.35. The van der Waals surface area contributed by atoms with Crippen molar-refractivity contribution in [2.45, 2.75) is 12.8 Å². The number of likely N-dealkylation sites (tertiary alicyclic amines) is 1. The monoisotopic (exact) mass is 429 g/mol. The van der Waals surface area contributed by atoms with Gasteiger partial charge in [-0.3, -0.25) is 4.79 Å². The van der Waals surface area contributed by atoms with Crippen LogP contribution in [-0.2, 0) is 0 Å². The Bertz CT molecular complexity index is 999. The maximum Gasteiger partial charge on any atom is 0.254 e. The molecule has 7 heteroatoms. The Morgan fingerprint density at radius 3 is 2.50 bits per heavy atom. The van der Waals surface area contributed by atoms with Crippen molar-refractivity contribution in [3.8, 4) is 22.8 Å². The number of piperidine rings is 1. The number of carbonyl (C=O) groups is 1. The van der Waals surface area contributed by atoms with Crippen LogP contribution in [0.4, 0.5) is 4.39 Å².